The van der Waals surface area contributed by atoms with Crippen LogP contribution in [0, 0.1) is 5.92 Å². The number of hydrogen-bond acceptors (Lipinski definition) is 4. The summed E-state index contributed by atoms with van der Waals surface area (Å²) in [5, 5.41) is 3.57. The fraction of sp³-hybridized carbons (Fsp3) is 1.00. The highest BCUT2D eigenvalue weighted by molar-refractivity contribution is 7.88. The minimum atomic E-state index is -3.02. The van der Waals surface area contributed by atoms with Gasteiger partial charge in [0.25, 0.3) is 0 Å². The number of rotatable bonds is 6. The van der Waals surface area contributed by atoms with Gasteiger partial charge in [-0.2, -0.15) is 0 Å². The molecule has 2 fully saturated rings. The van der Waals surface area contributed by atoms with Gasteiger partial charge in [-0.1, -0.05) is 0 Å². The molecule has 0 aliphatic carbocycles. The summed E-state index contributed by atoms with van der Waals surface area (Å²) in [5.74, 6) is 0.812. The second-order valence-electron chi connectivity index (χ2n) is 5.22. The van der Waals surface area contributed by atoms with Gasteiger partial charge in [0.1, 0.15) is 0 Å². The van der Waals surface area contributed by atoms with Gasteiger partial charge in [0.05, 0.1) is 6.26 Å². The molecule has 0 aromatic rings. The van der Waals surface area contributed by atoms with Crippen LogP contribution in [0.4, 0.5) is 0 Å². The molecular formula is C11H23N3O2S. The first-order chi connectivity index (χ1) is 8.04. The zero-order chi connectivity index (χ0) is 12.3. The maximum Gasteiger partial charge on any atom is 0.208 e. The van der Waals surface area contributed by atoms with E-state index in [9.17, 15) is 8.42 Å². The molecule has 6 heteroatoms. The van der Waals surface area contributed by atoms with Crippen molar-refractivity contribution in [1.29, 1.82) is 0 Å². The SMILES string of the molecule is CS(=O)(=O)NCCCNC1CCN2CCC1C2. The highest BCUT2D eigenvalue weighted by atomic mass is 32.2. The second kappa shape index (κ2) is 5.65. The highest BCUT2D eigenvalue weighted by Gasteiger charge is 2.33. The Kier molecular flexibility index (Phi) is 4.41. The standard InChI is InChI=1S/C11H23N3O2S/c1-17(15,16)13-6-2-5-12-11-4-8-14-7-3-10(11)9-14/h10-13H,2-9H2,1H3. The van der Waals surface area contributed by atoms with Gasteiger partial charge in [-0.15, -0.1) is 0 Å². The van der Waals surface area contributed by atoms with E-state index >= 15 is 0 Å². The molecular weight excluding hydrogens is 238 g/mol. The van der Waals surface area contributed by atoms with Crippen molar-refractivity contribution in [3.63, 3.8) is 0 Å². The Morgan fingerprint density at radius 2 is 2.00 bits per heavy atom. The van der Waals surface area contributed by atoms with Crippen molar-refractivity contribution in [3.8, 4) is 0 Å². The Balaban J connectivity index is 1.59. The average molecular weight is 261 g/mol. The molecule has 0 spiro atoms. The summed E-state index contributed by atoms with van der Waals surface area (Å²) in [6.45, 7) is 5.17. The molecule has 2 saturated heterocycles. The van der Waals surface area contributed by atoms with Crippen molar-refractivity contribution in [1.82, 2.24) is 14.9 Å². The lowest BCUT2D eigenvalue weighted by molar-refractivity contribution is 0.221. The smallest absolute Gasteiger partial charge is 0.208 e. The number of fused-ring (bicyclic) bond motifs is 2. The van der Waals surface area contributed by atoms with E-state index in [0.29, 0.717) is 12.6 Å². The zero-order valence-corrected chi connectivity index (χ0v) is 11.3. The van der Waals surface area contributed by atoms with Gasteiger partial charge in [0.2, 0.25) is 10.0 Å². The van der Waals surface area contributed by atoms with E-state index in [1.807, 2.05) is 0 Å². The minimum Gasteiger partial charge on any atom is -0.314 e. The van der Waals surface area contributed by atoms with E-state index in [4.69, 9.17) is 0 Å². The maximum atomic E-state index is 10.9. The summed E-state index contributed by atoms with van der Waals surface area (Å²) in [6.07, 6.45) is 4.62. The van der Waals surface area contributed by atoms with Crippen LogP contribution in [0.3, 0.4) is 0 Å². The summed E-state index contributed by atoms with van der Waals surface area (Å²) in [6, 6.07) is 0.645. The number of sulfonamides is 1. The zero-order valence-electron chi connectivity index (χ0n) is 10.5. The first-order valence-corrected chi connectivity index (χ1v) is 8.34. The van der Waals surface area contributed by atoms with Gasteiger partial charge in [0, 0.05) is 19.1 Å². The third-order valence-electron chi connectivity index (χ3n) is 3.76. The summed E-state index contributed by atoms with van der Waals surface area (Å²) in [4.78, 5) is 2.54. The third kappa shape index (κ3) is 4.21. The second-order valence-corrected chi connectivity index (χ2v) is 7.05. The normalized spacial score (nSPS) is 32.9. The van der Waals surface area contributed by atoms with Crippen molar-refractivity contribution in [3.05, 3.63) is 0 Å². The van der Waals surface area contributed by atoms with Crippen molar-refractivity contribution >= 4 is 10.0 Å². The van der Waals surface area contributed by atoms with Crippen LogP contribution in [0.25, 0.3) is 0 Å². The molecule has 17 heavy (non-hydrogen) atoms. The van der Waals surface area contributed by atoms with E-state index in [2.05, 4.69) is 14.9 Å². The Morgan fingerprint density at radius 3 is 2.76 bits per heavy atom. The highest BCUT2D eigenvalue weighted by Crippen LogP contribution is 2.26. The minimum absolute atomic E-state index is 0.537. The number of hydrogen-bond donors (Lipinski definition) is 2. The number of nitrogens with zero attached hydrogens (tertiary/aromatic N) is 1. The summed E-state index contributed by atoms with van der Waals surface area (Å²) >= 11 is 0. The lowest BCUT2D eigenvalue weighted by Crippen LogP contribution is -2.44. The van der Waals surface area contributed by atoms with Crippen molar-refractivity contribution in [2.75, 3.05) is 39.0 Å². The van der Waals surface area contributed by atoms with Crippen LogP contribution in [0.15, 0.2) is 0 Å². The largest absolute Gasteiger partial charge is 0.314 e. The predicted octanol–water partition coefficient (Wildman–Crippen LogP) is -0.390. The summed E-state index contributed by atoms with van der Waals surface area (Å²) in [5.41, 5.74) is 0. The number of nitrogens with one attached hydrogen (secondary N) is 2. The molecule has 2 bridgehead atoms. The maximum absolute atomic E-state index is 10.9. The lowest BCUT2D eigenvalue weighted by atomic mass is 9.94. The van der Waals surface area contributed by atoms with E-state index in [1.54, 1.807) is 0 Å². The first kappa shape index (κ1) is 13.3. The Labute approximate surface area is 104 Å². The fourth-order valence-electron chi connectivity index (χ4n) is 2.85. The van der Waals surface area contributed by atoms with Gasteiger partial charge in [-0.25, -0.2) is 13.1 Å². The van der Waals surface area contributed by atoms with E-state index in [0.717, 1.165) is 18.9 Å². The van der Waals surface area contributed by atoms with Crippen molar-refractivity contribution < 1.29 is 8.42 Å². The molecule has 3 unspecified atom stereocenters. The Morgan fingerprint density at radius 1 is 1.24 bits per heavy atom. The molecule has 0 radical (unpaired) electrons. The molecule has 0 saturated carbocycles. The summed E-state index contributed by atoms with van der Waals surface area (Å²) < 4.78 is 24.2. The van der Waals surface area contributed by atoms with Crippen LogP contribution >= 0.6 is 0 Å². The summed E-state index contributed by atoms with van der Waals surface area (Å²) in [7, 11) is -3.02. The molecule has 100 valence electrons. The Bertz CT molecular complexity index is 345. The van der Waals surface area contributed by atoms with Crippen molar-refractivity contribution in [2.24, 2.45) is 5.92 Å². The molecule has 0 amide bonds. The topological polar surface area (TPSA) is 61.4 Å². The molecule has 5 nitrogen and oxygen atoms in total. The third-order valence-corrected chi connectivity index (χ3v) is 4.49. The predicted molar refractivity (Wildman–Crippen MR) is 68.4 cm³/mol. The van der Waals surface area contributed by atoms with Crippen LogP contribution in [0.2, 0.25) is 0 Å². The Hall–Kier alpha value is -0.170. The number of piperidine rings is 1. The van der Waals surface area contributed by atoms with Gasteiger partial charge in [0.15, 0.2) is 0 Å². The van der Waals surface area contributed by atoms with Crippen LogP contribution in [-0.4, -0.2) is 58.3 Å². The molecule has 2 aliphatic heterocycles. The van der Waals surface area contributed by atoms with E-state index in [1.165, 1.54) is 38.7 Å². The lowest BCUT2D eigenvalue weighted by Gasteiger charge is -2.31. The monoisotopic (exact) mass is 261 g/mol. The van der Waals surface area contributed by atoms with E-state index in [-0.39, 0.29) is 0 Å². The van der Waals surface area contributed by atoms with Gasteiger partial charge in [-0.05, 0) is 44.8 Å². The average Bonchev–Trinajstić information content (AvgIpc) is 2.62. The van der Waals surface area contributed by atoms with Gasteiger partial charge >= 0.3 is 0 Å². The fourth-order valence-corrected chi connectivity index (χ4v) is 3.37. The molecule has 0 aromatic carbocycles. The molecule has 2 N–H and O–H groups in total. The molecule has 3 atom stereocenters. The van der Waals surface area contributed by atoms with Crippen LogP contribution < -0.4 is 10.0 Å². The van der Waals surface area contributed by atoms with Crippen LogP contribution in [-0.2, 0) is 10.0 Å². The molecule has 2 aliphatic rings. The molecule has 2 rings (SSSR count). The molecule has 0 aromatic heterocycles. The van der Waals surface area contributed by atoms with Crippen molar-refractivity contribution in [2.45, 2.75) is 25.3 Å². The van der Waals surface area contributed by atoms with E-state index < -0.39 is 10.0 Å². The molecule has 2 heterocycles. The van der Waals surface area contributed by atoms with Crippen LogP contribution in [0.1, 0.15) is 19.3 Å². The van der Waals surface area contributed by atoms with Gasteiger partial charge < -0.3 is 10.2 Å². The van der Waals surface area contributed by atoms with Crippen LogP contribution in [0.5, 0.6) is 0 Å². The first-order valence-electron chi connectivity index (χ1n) is 6.45. The van der Waals surface area contributed by atoms with Gasteiger partial charge in [-0.3, -0.25) is 0 Å². The quantitative estimate of drug-likeness (QED) is 0.639.